The van der Waals surface area contributed by atoms with Crippen LogP contribution in [0.4, 0.5) is 17.1 Å². The Morgan fingerprint density at radius 1 is 0.328 bits per heavy atom. The molecule has 61 heavy (non-hydrogen) atoms. The molecule has 2 aromatic heterocycles. The van der Waals surface area contributed by atoms with Gasteiger partial charge in [0.15, 0.2) is 0 Å². The number of hydrogen-bond donors (Lipinski definition) is 0. The molecular formula is C58H37NS2. The monoisotopic (exact) mass is 816 g/mol. The second kappa shape index (κ2) is 14.8. The van der Waals surface area contributed by atoms with Gasteiger partial charge in [-0.15, -0.1) is 22.7 Å². The van der Waals surface area contributed by atoms with Gasteiger partial charge in [0, 0.05) is 47.0 Å². The Kier molecular flexibility index (Phi) is 7.43. The van der Waals surface area contributed by atoms with Crippen LogP contribution in [0, 0.1) is 0 Å². The van der Waals surface area contributed by atoms with Gasteiger partial charge in [-0.25, -0.2) is 0 Å². The van der Waals surface area contributed by atoms with Gasteiger partial charge in [-0.2, -0.15) is 0 Å². The molecule has 0 N–H and O–H groups in total. The Morgan fingerprint density at radius 3 is 1.62 bits per heavy atom. The zero-order chi connectivity index (χ0) is 44.6. The Morgan fingerprint density at radius 2 is 0.885 bits per heavy atom. The fourth-order valence-corrected chi connectivity index (χ4v) is 11.3. The first-order chi connectivity index (χ1) is 32.3. The van der Waals surface area contributed by atoms with Crippen molar-refractivity contribution in [2.45, 2.75) is 0 Å². The van der Waals surface area contributed by atoms with Crippen LogP contribution in [0.2, 0.25) is 0 Å². The molecule has 0 bridgehead atoms. The van der Waals surface area contributed by atoms with Crippen molar-refractivity contribution in [2.24, 2.45) is 0 Å². The van der Waals surface area contributed by atoms with Gasteiger partial charge >= 0.3 is 0 Å². The van der Waals surface area contributed by atoms with Gasteiger partial charge in [-0.3, -0.25) is 0 Å². The lowest BCUT2D eigenvalue weighted by Crippen LogP contribution is -2.10. The van der Waals surface area contributed by atoms with Crippen LogP contribution in [0.5, 0.6) is 0 Å². The third-order valence-corrected chi connectivity index (χ3v) is 14.2. The molecule has 0 saturated heterocycles. The molecule has 12 aromatic rings. The summed E-state index contributed by atoms with van der Waals surface area (Å²) in [6, 6.07) is 67.2. The van der Waals surface area contributed by atoms with E-state index in [1.165, 1.54) is 57.0 Å². The van der Waals surface area contributed by atoms with Crippen LogP contribution in [0.3, 0.4) is 0 Å². The van der Waals surface area contributed by atoms with E-state index in [9.17, 15) is 0 Å². The lowest BCUT2D eigenvalue weighted by Gasteiger charge is -2.26. The Labute approximate surface area is 369 Å². The van der Waals surface area contributed by atoms with Crippen molar-refractivity contribution < 1.29 is 6.85 Å². The summed E-state index contributed by atoms with van der Waals surface area (Å²) in [6.07, 6.45) is 0. The summed E-state index contributed by atoms with van der Waals surface area (Å²) < 4.78 is 47.4. The molecule has 0 radical (unpaired) electrons. The lowest BCUT2D eigenvalue weighted by atomic mass is 9.92. The minimum atomic E-state index is -0.398. The maximum absolute atomic E-state index is 8.73. The molecule has 0 unspecified atom stereocenters. The van der Waals surface area contributed by atoms with Gasteiger partial charge in [0.25, 0.3) is 0 Å². The van der Waals surface area contributed by atoms with Crippen LogP contribution in [-0.2, 0) is 0 Å². The number of nitrogens with zero attached hydrogens (tertiary/aromatic N) is 1. The van der Waals surface area contributed by atoms with E-state index in [-0.39, 0.29) is 29.7 Å². The molecule has 0 aliphatic rings. The second-order valence-electron chi connectivity index (χ2n) is 15.2. The molecule has 286 valence electrons. The zero-order valence-electron chi connectivity index (χ0n) is 37.7. The van der Waals surface area contributed by atoms with E-state index in [0.29, 0.717) is 5.56 Å². The van der Waals surface area contributed by atoms with E-state index >= 15 is 0 Å². The van der Waals surface area contributed by atoms with Crippen LogP contribution in [-0.4, -0.2) is 0 Å². The number of benzene rings is 10. The average Bonchev–Trinajstić information content (AvgIpc) is 3.95. The highest BCUT2D eigenvalue weighted by Gasteiger charge is 2.20. The molecule has 0 amide bonds. The van der Waals surface area contributed by atoms with Gasteiger partial charge in [0.1, 0.15) is 0 Å². The van der Waals surface area contributed by atoms with Crippen molar-refractivity contribution in [2.75, 3.05) is 4.90 Å². The van der Waals surface area contributed by atoms with Crippen LogP contribution in [0.15, 0.2) is 224 Å². The summed E-state index contributed by atoms with van der Waals surface area (Å²) in [4.78, 5) is 2.36. The number of thiophene rings is 2. The van der Waals surface area contributed by atoms with E-state index in [1.807, 2.05) is 59.1 Å². The molecule has 0 aliphatic carbocycles. The third kappa shape index (κ3) is 6.13. The highest BCUT2D eigenvalue weighted by atomic mass is 32.1. The maximum Gasteiger partial charge on any atom is 0.0640 e. The van der Waals surface area contributed by atoms with Gasteiger partial charge in [0.05, 0.1) is 17.2 Å². The Hall–Kier alpha value is -7.30. The fourth-order valence-electron chi connectivity index (χ4n) is 8.91. The van der Waals surface area contributed by atoms with Gasteiger partial charge in [0.2, 0.25) is 0 Å². The summed E-state index contributed by atoms with van der Waals surface area (Å²) in [5, 5.41) is 6.76. The van der Waals surface area contributed by atoms with Crippen LogP contribution < -0.4 is 4.90 Å². The molecular weight excluding hydrogens is 775 g/mol. The van der Waals surface area contributed by atoms with Crippen molar-refractivity contribution in [3.63, 3.8) is 0 Å². The quantitative estimate of drug-likeness (QED) is 0.155. The molecule has 10 aromatic carbocycles. The summed E-state index contributed by atoms with van der Waals surface area (Å²) in [5.41, 5.74) is 10.7. The number of hydrogen-bond acceptors (Lipinski definition) is 3. The molecule has 0 atom stereocenters. The van der Waals surface area contributed by atoms with E-state index in [0.717, 1.165) is 44.5 Å². The highest BCUT2D eigenvalue weighted by Crippen LogP contribution is 2.48. The molecule has 0 aliphatic heterocycles. The first-order valence-electron chi connectivity index (χ1n) is 22.8. The largest absolute Gasteiger partial charge is 0.309 e. The molecule has 2 heterocycles. The standard InChI is InChI=1S/C58H37NS2/c1-3-13-39(14-4-1)45-34-35-46(49-18-8-7-17-48(45)49)41-27-32-44(33-28-41)59(43-30-25-38(26-31-43)42-29-36-56-53(37-42)50-19-9-10-24-55(50)60-56)54-23-12-22-52-51-21-11-20-47(57(51)61-58(52)54)40-15-5-2-6-16-40/h1-37H/i1D,3D,4D,13D,14D. The van der Waals surface area contributed by atoms with Crippen molar-refractivity contribution >= 4 is 90.9 Å². The van der Waals surface area contributed by atoms with Crippen molar-refractivity contribution in [3.8, 4) is 44.5 Å². The minimum absolute atomic E-state index is 0.201. The summed E-state index contributed by atoms with van der Waals surface area (Å²) in [5.74, 6) is 0. The van der Waals surface area contributed by atoms with Gasteiger partial charge < -0.3 is 4.90 Å². The van der Waals surface area contributed by atoms with Crippen molar-refractivity contribution in [1.29, 1.82) is 0 Å². The summed E-state index contributed by atoms with van der Waals surface area (Å²) in [7, 11) is 0. The molecule has 1 nitrogen and oxygen atoms in total. The van der Waals surface area contributed by atoms with Gasteiger partial charge in [-0.1, -0.05) is 176 Å². The Balaban J connectivity index is 0.995. The number of anilines is 3. The number of fused-ring (bicyclic) bond motifs is 7. The topological polar surface area (TPSA) is 3.24 Å². The third-order valence-electron chi connectivity index (χ3n) is 11.8. The normalized spacial score (nSPS) is 12.8. The highest BCUT2D eigenvalue weighted by molar-refractivity contribution is 7.27. The van der Waals surface area contributed by atoms with Crippen molar-refractivity contribution in [3.05, 3.63) is 224 Å². The molecule has 0 spiro atoms. The molecule has 0 fully saturated rings. The van der Waals surface area contributed by atoms with E-state index < -0.39 is 6.04 Å². The fraction of sp³-hybridized carbons (Fsp3) is 0. The van der Waals surface area contributed by atoms with E-state index in [2.05, 4.69) is 163 Å². The molecule has 12 rings (SSSR count). The van der Waals surface area contributed by atoms with Crippen LogP contribution in [0.25, 0.3) is 95.6 Å². The molecule has 3 heteroatoms. The minimum Gasteiger partial charge on any atom is -0.309 e. The Bertz CT molecular complexity index is 3850. The summed E-state index contributed by atoms with van der Waals surface area (Å²) >= 11 is 3.67. The van der Waals surface area contributed by atoms with Crippen LogP contribution >= 0.6 is 22.7 Å². The van der Waals surface area contributed by atoms with Crippen LogP contribution in [0.1, 0.15) is 6.85 Å². The first kappa shape index (κ1) is 30.7. The van der Waals surface area contributed by atoms with E-state index in [1.54, 1.807) is 0 Å². The number of rotatable bonds is 7. The van der Waals surface area contributed by atoms with Gasteiger partial charge in [-0.05, 0) is 104 Å². The predicted molar refractivity (Wildman–Crippen MR) is 266 cm³/mol. The summed E-state index contributed by atoms with van der Waals surface area (Å²) in [6.45, 7) is 0. The second-order valence-corrected chi connectivity index (χ2v) is 17.4. The van der Waals surface area contributed by atoms with Crippen molar-refractivity contribution in [1.82, 2.24) is 0 Å². The van der Waals surface area contributed by atoms with E-state index in [4.69, 9.17) is 6.85 Å². The lowest BCUT2D eigenvalue weighted by molar-refractivity contribution is 1.30. The smallest absolute Gasteiger partial charge is 0.0640 e. The average molecular weight is 817 g/mol. The molecule has 0 saturated carbocycles. The maximum atomic E-state index is 8.73. The SMILES string of the molecule is [2H]c1c([2H])c([2H])c(-c2ccc(-c3ccc(N(c4ccc(-c5ccc6sc7ccccc7c6c5)cc4)c4cccc5c4sc4c(-c6ccccc6)cccc45)cc3)c3ccccc23)c([2H])c1[2H]. The first-order valence-corrected chi connectivity index (χ1v) is 22.0. The predicted octanol–water partition coefficient (Wildman–Crippen LogP) is 17.7. The zero-order valence-corrected chi connectivity index (χ0v) is 34.4.